The molecule has 6 heteroatoms. The third kappa shape index (κ3) is 7.77. The zero-order chi connectivity index (χ0) is 8.20. The van der Waals surface area contributed by atoms with Crippen molar-refractivity contribution < 1.29 is 8.42 Å². The molecule has 0 fully saturated rings. The maximum Gasteiger partial charge on any atom is 0.151 e. The molecule has 0 saturated carbocycles. The molecule has 0 aliphatic rings. The lowest BCUT2D eigenvalue weighted by molar-refractivity contribution is 0.603. The fourth-order valence-electron chi connectivity index (χ4n) is 0.303. The van der Waals surface area contributed by atoms with Gasteiger partial charge in [0.25, 0.3) is 0 Å². The van der Waals surface area contributed by atoms with E-state index in [9.17, 15) is 8.42 Å². The molecule has 4 nitrogen and oxygen atoms in total. The largest absolute Gasteiger partial charge is 0.379 e. The lowest BCUT2D eigenvalue weighted by Gasteiger charge is -1.95. The fourth-order valence-corrected chi connectivity index (χ4v) is 2.07. The van der Waals surface area contributed by atoms with Crippen molar-refractivity contribution in [2.45, 2.75) is 0 Å². The highest BCUT2D eigenvalue weighted by Crippen LogP contribution is 1.98. The summed E-state index contributed by atoms with van der Waals surface area (Å²) in [5.41, 5.74) is 4.97. The van der Waals surface area contributed by atoms with Crippen LogP contribution in [0.15, 0.2) is 0 Å². The molecule has 3 N–H and O–H groups in total. The van der Waals surface area contributed by atoms with E-state index >= 15 is 0 Å². The molecular formula is C4H10N2O2S2. The van der Waals surface area contributed by atoms with Crippen molar-refractivity contribution in [3.05, 3.63) is 0 Å². The molecular weight excluding hydrogens is 172 g/mol. The zero-order valence-electron chi connectivity index (χ0n) is 5.62. The summed E-state index contributed by atoms with van der Waals surface area (Å²) < 4.78 is 21.0. The average molecular weight is 182 g/mol. The van der Waals surface area contributed by atoms with Crippen LogP contribution in [0.1, 0.15) is 0 Å². The van der Waals surface area contributed by atoms with Crippen molar-refractivity contribution in [3.63, 3.8) is 0 Å². The minimum absolute atomic E-state index is 0.0383. The van der Waals surface area contributed by atoms with Gasteiger partial charge < -0.3 is 5.73 Å². The first-order valence-corrected chi connectivity index (χ1v) is 5.61. The van der Waals surface area contributed by atoms with Crippen LogP contribution in [0.3, 0.4) is 0 Å². The molecule has 0 bridgehead atoms. The normalized spacial score (nSPS) is 11.3. The standard InChI is InChI=1S/C4H10N2O2S2/c1-10(7,8)3-2-9-4(5)6/h2-3H2,1H3,(H3,5,6). The minimum atomic E-state index is -2.89. The van der Waals surface area contributed by atoms with Gasteiger partial charge in [-0.15, -0.1) is 0 Å². The van der Waals surface area contributed by atoms with E-state index < -0.39 is 9.84 Å². The number of hydrogen-bond acceptors (Lipinski definition) is 4. The number of thioether (sulfide) groups is 1. The Morgan fingerprint density at radius 1 is 1.70 bits per heavy atom. The smallest absolute Gasteiger partial charge is 0.151 e. The van der Waals surface area contributed by atoms with E-state index in [1.165, 1.54) is 0 Å². The topological polar surface area (TPSA) is 84.0 Å². The third-order valence-electron chi connectivity index (χ3n) is 0.712. The van der Waals surface area contributed by atoms with Crippen molar-refractivity contribution in [3.8, 4) is 0 Å². The Kier molecular flexibility index (Phi) is 3.73. The summed E-state index contributed by atoms with van der Waals surface area (Å²) in [6, 6.07) is 0. The first-order chi connectivity index (χ1) is 4.42. The van der Waals surface area contributed by atoms with Crippen molar-refractivity contribution >= 4 is 26.8 Å². The molecule has 0 aliphatic heterocycles. The molecule has 0 saturated heterocycles. The molecule has 0 spiro atoms. The average Bonchev–Trinajstić information content (AvgIpc) is 1.59. The van der Waals surface area contributed by atoms with E-state index in [1.807, 2.05) is 0 Å². The van der Waals surface area contributed by atoms with E-state index in [1.54, 1.807) is 0 Å². The Morgan fingerprint density at radius 2 is 2.20 bits per heavy atom. The van der Waals surface area contributed by atoms with E-state index in [-0.39, 0.29) is 10.9 Å². The van der Waals surface area contributed by atoms with Crippen LogP contribution in [0.5, 0.6) is 0 Å². The third-order valence-corrected chi connectivity index (χ3v) is 2.64. The van der Waals surface area contributed by atoms with Gasteiger partial charge in [-0.1, -0.05) is 11.8 Å². The van der Waals surface area contributed by atoms with Crippen molar-refractivity contribution in [2.24, 2.45) is 5.73 Å². The summed E-state index contributed by atoms with van der Waals surface area (Å²) in [5, 5.41) is 6.71. The van der Waals surface area contributed by atoms with Gasteiger partial charge in [-0.2, -0.15) is 0 Å². The summed E-state index contributed by atoms with van der Waals surface area (Å²) in [5.74, 6) is 0.450. The molecule has 0 unspecified atom stereocenters. The number of amidine groups is 1. The Bertz CT molecular complexity index is 209. The lowest BCUT2D eigenvalue weighted by atomic mass is 11.0. The van der Waals surface area contributed by atoms with Crippen molar-refractivity contribution in [1.29, 1.82) is 5.41 Å². The second kappa shape index (κ2) is 3.82. The monoisotopic (exact) mass is 182 g/mol. The van der Waals surface area contributed by atoms with E-state index in [4.69, 9.17) is 11.1 Å². The molecule has 0 aromatic heterocycles. The van der Waals surface area contributed by atoms with Crippen LogP contribution in [0.2, 0.25) is 0 Å². The lowest BCUT2D eigenvalue weighted by Crippen LogP contribution is -2.10. The highest BCUT2D eigenvalue weighted by Gasteiger charge is 2.01. The van der Waals surface area contributed by atoms with Gasteiger partial charge in [0.2, 0.25) is 0 Å². The molecule has 0 amide bonds. The molecule has 0 radical (unpaired) electrons. The summed E-state index contributed by atoms with van der Waals surface area (Å²) in [7, 11) is -2.89. The van der Waals surface area contributed by atoms with E-state index in [0.717, 1.165) is 18.0 Å². The minimum Gasteiger partial charge on any atom is -0.379 e. The van der Waals surface area contributed by atoms with Gasteiger partial charge in [-0.3, -0.25) is 5.41 Å². The van der Waals surface area contributed by atoms with Gasteiger partial charge in [-0.25, -0.2) is 8.42 Å². The zero-order valence-corrected chi connectivity index (χ0v) is 7.26. The summed E-state index contributed by atoms with van der Waals surface area (Å²) >= 11 is 1.04. The van der Waals surface area contributed by atoms with Crippen LogP contribution in [0, 0.1) is 5.41 Å². The SMILES string of the molecule is CS(=O)(=O)CCSC(=N)N. The van der Waals surface area contributed by atoms with Gasteiger partial charge >= 0.3 is 0 Å². The van der Waals surface area contributed by atoms with Crippen molar-refractivity contribution in [2.75, 3.05) is 17.8 Å². The van der Waals surface area contributed by atoms with Crippen LogP contribution >= 0.6 is 11.8 Å². The molecule has 60 valence electrons. The predicted molar refractivity (Wildman–Crippen MR) is 44.1 cm³/mol. The van der Waals surface area contributed by atoms with Crippen LogP contribution in [-0.2, 0) is 9.84 Å². The number of nitrogens with two attached hydrogens (primary N) is 1. The molecule has 0 aromatic rings. The molecule has 10 heavy (non-hydrogen) atoms. The highest BCUT2D eigenvalue weighted by molar-refractivity contribution is 8.14. The molecule has 0 rings (SSSR count). The van der Waals surface area contributed by atoms with Crippen molar-refractivity contribution in [1.82, 2.24) is 0 Å². The molecule has 0 atom stereocenters. The van der Waals surface area contributed by atoms with Crippen LogP contribution in [0.4, 0.5) is 0 Å². The maximum atomic E-state index is 10.5. The quantitative estimate of drug-likeness (QED) is 0.462. The van der Waals surface area contributed by atoms with Crippen LogP contribution < -0.4 is 5.73 Å². The molecule has 0 aliphatic carbocycles. The highest BCUT2D eigenvalue weighted by atomic mass is 32.2. The second-order valence-corrected chi connectivity index (χ2v) is 5.24. The Labute approximate surface area is 64.6 Å². The fraction of sp³-hybridized carbons (Fsp3) is 0.750. The first-order valence-electron chi connectivity index (χ1n) is 2.56. The molecule has 0 aromatic carbocycles. The van der Waals surface area contributed by atoms with Crippen LogP contribution in [0.25, 0.3) is 0 Å². The Balaban J connectivity index is 3.49. The van der Waals surface area contributed by atoms with Crippen LogP contribution in [-0.4, -0.2) is 31.3 Å². The number of sulfone groups is 1. The Hall–Kier alpha value is -0.230. The van der Waals surface area contributed by atoms with Gasteiger partial charge in [0.1, 0.15) is 9.84 Å². The Morgan fingerprint density at radius 3 is 2.50 bits per heavy atom. The number of hydrogen-bond donors (Lipinski definition) is 2. The summed E-state index contributed by atoms with van der Waals surface area (Å²) in [4.78, 5) is 0. The van der Waals surface area contributed by atoms with Gasteiger partial charge in [0.15, 0.2) is 5.17 Å². The maximum absolute atomic E-state index is 10.5. The van der Waals surface area contributed by atoms with E-state index in [0.29, 0.717) is 5.75 Å². The summed E-state index contributed by atoms with van der Waals surface area (Å²) in [6.45, 7) is 0. The summed E-state index contributed by atoms with van der Waals surface area (Å²) in [6.07, 6.45) is 1.16. The van der Waals surface area contributed by atoms with Gasteiger partial charge in [0, 0.05) is 12.0 Å². The number of nitrogens with one attached hydrogen (secondary N) is 1. The van der Waals surface area contributed by atoms with E-state index in [2.05, 4.69) is 0 Å². The predicted octanol–water partition coefficient (Wildman–Crippen LogP) is -0.342. The second-order valence-electron chi connectivity index (χ2n) is 1.84. The first kappa shape index (κ1) is 9.77. The van der Waals surface area contributed by atoms with Gasteiger partial charge in [0.05, 0.1) is 5.75 Å². The number of rotatable bonds is 3. The molecule has 0 heterocycles. The van der Waals surface area contributed by atoms with Gasteiger partial charge in [-0.05, 0) is 0 Å².